The highest BCUT2D eigenvalue weighted by Crippen LogP contribution is 2.31. The summed E-state index contributed by atoms with van der Waals surface area (Å²) in [5.74, 6) is -12.0. The maximum absolute atomic E-state index is 13.9. The zero-order valence-corrected chi connectivity index (χ0v) is 19.7. The number of nitrogens with zero attached hydrogens (tertiary/aromatic N) is 1. The number of morpholine rings is 1. The van der Waals surface area contributed by atoms with E-state index in [-0.39, 0.29) is 17.1 Å². The lowest BCUT2D eigenvalue weighted by Gasteiger charge is -2.28. The van der Waals surface area contributed by atoms with E-state index < -0.39 is 41.4 Å². The van der Waals surface area contributed by atoms with Gasteiger partial charge in [-0.3, -0.25) is 4.79 Å². The maximum atomic E-state index is 13.9. The Morgan fingerprint density at radius 3 is 2.16 bits per heavy atom. The number of carbonyl (C=O) groups is 1. The highest BCUT2D eigenvalue weighted by atomic mass is 19.2. The van der Waals surface area contributed by atoms with Crippen LogP contribution in [-0.4, -0.2) is 39.2 Å². The normalized spacial score (nSPS) is 13.7. The molecule has 1 fully saturated rings. The second-order valence-electron chi connectivity index (χ2n) is 8.10. The molecule has 10 heteroatoms. The molecule has 1 aliphatic heterocycles. The summed E-state index contributed by atoms with van der Waals surface area (Å²) in [6, 6.07) is 11.9. The van der Waals surface area contributed by atoms with E-state index in [1.807, 2.05) is 12.1 Å². The molecule has 0 aliphatic carbocycles. The molecule has 0 amide bonds. The molecule has 0 aromatic heterocycles. The van der Waals surface area contributed by atoms with Crippen LogP contribution < -0.4 is 14.4 Å². The Kier molecular flexibility index (Phi) is 8.08. The third-order valence-corrected chi connectivity index (χ3v) is 5.80. The van der Waals surface area contributed by atoms with Gasteiger partial charge >= 0.3 is 0 Å². The van der Waals surface area contributed by atoms with E-state index in [9.17, 15) is 26.7 Å². The lowest BCUT2D eigenvalue weighted by Crippen LogP contribution is -2.36. The molecule has 3 aromatic carbocycles. The van der Waals surface area contributed by atoms with Crippen molar-refractivity contribution in [2.75, 3.05) is 38.3 Å². The summed E-state index contributed by atoms with van der Waals surface area (Å²) in [5.41, 5.74) is 2.26. The van der Waals surface area contributed by atoms with E-state index in [2.05, 4.69) is 4.90 Å². The molecule has 0 radical (unpaired) electrons. The molecule has 0 unspecified atom stereocenters. The lowest BCUT2D eigenvalue weighted by atomic mass is 10.1. The van der Waals surface area contributed by atoms with E-state index in [0.717, 1.165) is 18.8 Å². The zero-order valence-electron chi connectivity index (χ0n) is 19.7. The van der Waals surface area contributed by atoms with Crippen LogP contribution >= 0.6 is 0 Å². The summed E-state index contributed by atoms with van der Waals surface area (Å²) in [6.45, 7) is 2.31. The van der Waals surface area contributed by atoms with Crippen molar-refractivity contribution in [1.29, 1.82) is 0 Å². The Hall–Kier alpha value is -3.92. The van der Waals surface area contributed by atoms with Crippen molar-refractivity contribution >= 4 is 17.5 Å². The minimum absolute atomic E-state index is 0.247. The predicted octanol–water partition coefficient (Wildman–Crippen LogP) is 5.70. The zero-order chi connectivity index (χ0) is 26.5. The Bertz CT molecular complexity index is 1290. The Morgan fingerprint density at radius 1 is 0.919 bits per heavy atom. The third-order valence-electron chi connectivity index (χ3n) is 5.80. The van der Waals surface area contributed by atoms with Crippen molar-refractivity contribution in [2.24, 2.45) is 0 Å². The molecule has 0 spiro atoms. The van der Waals surface area contributed by atoms with Gasteiger partial charge in [-0.2, -0.15) is 8.78 Å². The number of allylic oxidation sites excluding steroid dienone is 1. The van der Waals surface area contributed by atoms with Gasteiger partial charge in [-0.1, -0.05) is 12.1 Å². The van der Waals surface area contributed by atoms with Gasteiger partial charge in [0.15, 0.2) is 11.5 Å². The minimum Gasteiger partial charge on any atom is -0.496 e. The lowest BCUT2D eigenvalue weighted by molar-refractivity contribution is 0.104. The average molecular weight is 519 g/mol. The smallest absolute Gasteiger partial charge is 0.207 e. The van der Waals surface area contributed by atoms with E-state index in [1.54, 1.807) is 18.2 Å². The number of ketones is 1. The first-order valence-corrected chi connectivity index (χ1v) is 11.3. The van der Waals surface area contributed by atoms with Crippen LogP contribution in [0.2, 0.25) is 0 Å². The number of hydrogen-bond donors (Lipinski definition) is 0. The molecule has 5 nitrogen and oxygen atoms in total. The average Bonchev–Trinajstić information content (AvgIpc) is 2.94. The van der Waals surface area contributed by atoms with Crippen LogP contribution in [0.25, 0.3) is 6.08 Å². The van der Waals surface area contributed by atoms with E-state index in [0.29, 0.717) is 24.3 Å². The first kappa shape index (κ1) is 26.2. The van der Waals surface area contributed by atoms with Gasteiger partial charge in [0.25, 0.3) is 0 Å². The van der Waals surface area contributed by atoms with Crippen molar-refractivity contribution < 1.29 is 41.0 Å². The largest absolute Gasteiger partial charge is 0.496 e. The second-order valence-corrected chi connectivity index (χ2v) is 8.10. The molecule has 0 atom stereocenters. The first-order valence-electron chi connectivity index (χ1n) is 11.3. The fourth-order valence-corrected chi connectivity index (χ4v) is 3.80. The van der Waals surface area contributed by atoms with Crippen molar-refractivity contribution in [3.05, 3.63) is 94.3 Å². The van der Waals surface area contributed by atoms with Gasteiger partial charge in [0.2, 0.25) is 29.1 Å². The third kappa shape index (κ3) is 5.75. The van der Waals surface area contributed by atoms with E-state index >= 15 is 0 Å². The van der Waals surface area contributed by atoms with Gasteiger partial charge in [-0.15, -0.1) is 0 Å². The predicted molar refractivity (Wildman–Crippen MR) is 126 cm³/mol. The fourth-order valence-electron chi connectivity index (χ4n) is 3.80. The molecule has 0 bridgehead atoms. The number of rotatable bonds is 8. The van der Waals surface area contributed by atoms with Crippen LogP contribution in [0.4, 0.5) is 27.6 Å². The van der Waals surface area contributed by atoms with Gasteiger partial charge in [0.05, 0.1) is 20.3 Å². The Labute approximate surface area is 209 Å². The van der Waals surface area contributed by atoms with Gasteiger partial charge < -0.3 is 19.1 Å². The molecular weight excluding hydrogens is 497 g/mol. The Morgan fingerprint density at radius 2 is 1.54 bits per heavy atom. The molecule has 1 heterocycles. The van der Waals surface area contributed by atoms with Crippen LogP contribution in [0.5, 0.6) is 11.5 Å². The maximum Gasteiger partial charge on any atom is 0.207 e. The van der Waals surface area contributed by atoms with Gasteiger partial charge in [0.1, 0.15) is 12.4 Å². The van der Waals surface area contributed by atoms with Crippen LogP contribution in [0, 0.1) is 29.1 Å². The highest BCUT2D eigenvalue weighted by Gasteiger charge is 2.27. The standard InChI is InChI=1S/C27H22F5NO4/c1-35-21-9-3-16(14-18(21)15-37-27-25(31)23(29)22(28)24(30)26(27)32)2-8-20(34)17-4-6-19(7-5-17)33-10-12-36-13-11-33/h2-9,14H,10-13,15H2,1H3/b8-2+. The van der Waals surface area contributed by atoms with Crippen LogP contribution in [0.1, 0.15) is 21.5 Å². The number of anilines is 1. The van der Waals surface area contributed by atoms with Crippen molar-refractivity contribution in [2.45, 2.75) is 6.61 Å². The van der Waals surface area contributed by atoms with E-state index in [1.165, 1.54) is 31.4 Å². The number of methoxy groups -OCH3 is 1. The summed E-state index contributed by atoms with van der Waals surface area (Å²) in [7, 11) is 1.34. The van der Waals surface area contributed by atoms with Crippen molar-refractivity contribution in [1.82, 2.24) is 0 Å². The molecule has 0 saturated carbocycles. The van der Waals surface area contributed by atoms with E-state index in [4.69, 9.17) is 14.2 Å². The quantitative estimate of drug-likeness (QED) is 0.126. The summed E-state index contributed by atoms with van der Waals surface area (Å²) < 4.78 is 83.5. The second kappa shape index (κ2) is 11.4. The molecule has 194 valence electrons. The first-order chi connectivity index (χ1) is 17.8. The summed E-state index contributed by atoms with van der Waals surface area (Å²) in [4.78, 5) is 14.8. The molecular formula is C27H22F5NO4. The topological polar surface area (TPSA) is 48.0 Å². The van der Waals surface area contributed by atoms with Crippen LogP contribution in [0.15, 0.2) is 48.5 Å². The highest BCUT2D eigenvalue weighted by molar-refractivity contribution is 6.07. The van der Waals surface area contributed by atoms with Crippen LogP contribution in [-0.2, 0) is 11.3 Å². The molecule has 37 heavy (non-hydrogen) atoms. The van der Waals surface area contributed by atoms with Crippen LogP contribution in [0.3, 0.4) is 0 Å². The molecule has 1 aliphatic rings. The fraction of sp³-hybridized carbons (Fsp3) is 0.222. The number of hydrogen-bond acceptors (Lipinski definition) is 5. The summed E-state index contributed by atoms with van der Waals surface area (Å²) >= 11 is 0. The Balaban J connectivity index is 1.48. The molecule has 3 aromatic rings. The van der Waals surface area contributed by atoms with Crippen molar-refractivity contribution in [3.8, 4) is 11.5 Å². The van der Waals surface area contributed by atoms with Crippen molar-refractivity contribution in [3.63, 3.8) is 0 Å². The number of ether oxygens (including phenoxy) is 3. The summed E-state index contributed by atoms with van der Waals surface area (Å²) in [6.07, 6.45) is 2.89. The van der Waals surface area contributed by atoms with Gasteiger partial charge in [-0.05, 0) is 48.0 Å². The number of benzene rings is 3. The number of halogens is 5. The molecule has 0 N–H and O–H groups in total. The minimum atomic E-state index is -2.27. The molecule has 4 rings (SSSR count). The van der Waals surface area contributed by atoms with Gasteiger partial charge in [-0.25, -0.2) is 13.2 Å². The van der Waals surface area contributed by atoms with Gasteiger partial charge in [0, 0.05) is 29.9 Å². The number of carbonyl (C=O) groups excluding carboxylic acids is 1. The monoisotopic (exact) mass is 519 g/mol. The summed E-state index contributed by atoms with van der Waals surface area (Å²) in [5, 5.41) is 0. The molecule has 1 saturated heterocycles. The SMILES string of the molecule is COc1ccc(/C=C/C(=O)c2ccc(N3CCOCC3)cc2)cc1COc1c(F)c(F)c(F)c(F)c1F.